The molecule has 21 heavy (non-hydrogen) atoms. The zero-order valence-corrected chi connectivity index (χ0v) is 12.7. The molecule has 1 saturated carbocycles. The van der Waals surface area contributed by atoms with Gasteiger partial charge in [0.05, 0.1) is 5.56 Å². The van der Waals surface area contributed by atoms with E-state index in [-0.39, 0.29) is 23.1 Å². The van der Waals surface area contributed by atoms with Crippen LogP contribution in [0.1, 0.15) is 49.0 Å². The molecule has 2 amide bonds. The maximum absolute atomic E-state index is 12.1. The molecule has 0 radical (unpaired) electrons. The van der Waals surface area contributed by atoms with Crippen molar-refractivity contribution >= 4 is 17.7 Å². The smallest absolute Gasteiger partial charge is 0.335 e. The van der Waals surface area contributed by atoms with Gasteiger partial charge < -0.3 is 15.7 Å². The molecule has 1 aliphatic rings. The Labute approximate surface area is 124 Å². The molecule has 1 aromatic rings. The van der Waals surface area contributed by atoms with Gasteiger partial charge in [-0.25, -0.2) is 9.59 Å². The van der Waals surface area contributed by atoms with Crippen molar-refractivity contribution in [2.75, 3.05) is 5.32 Å². The number of benzene rings is 1. The van der Waals surface area contributed by atoms with Crippen molar-refractivity contribution in [2.24, 2.45) is 5.41 Å². The Balaban J connectivity index is 2.06. The van der Waals surface area contributed by atoms with E-state index in [1.54, 1.807) is 6.07 Å². The number of hydrogen-bond acceptors (Lipinski definition) is 2. The third-order valence-electron chi connectivity index (χ3n) is 4.30. The molecule has 0 heterocycles. The molecule has 114 valence electrons. The molecule has 0 spiro atoms. The number of aryl methyl sites for hydroxylation is 1. The average molecular weight is 290 g/mol. The Bertz CT molecular complexity index is 567. The summed E-state index contributed by atoms with van der Waals surface area (Å²) in [4.78, 5) is 23.1. The molecular weight excluding hydrogens is 268 g/mol. The molecule has 1 aliphatic carbocycles. The zero-order chi connectivity index (χ0) is 15.6. The van der Waals surface area contributed by atoms with Crippen LogP contribution in [0.5, 0.6) is 0 Å². The summed E-state index contributed by atoms with van der Waals surface area (Å²) in [5, 5.41) is 14.8. The van der Waals surface area contributed by atoms with Gasteiger partial charge in [0.1, 0.15) is 0 Å². The number of rotatable bonds is 3. The largest absolute Gasteiger partial charge is 0.478 e. The molecule has 0 bridgehead atoms. The lowest BCUT2D eigenvalue weighted by molar-refractivity contribution is 0.0697. The van der Waals surface area contributed by atoms with Gasteiger partial charge >= 0.3 is 12.0 Å². The van der Waals surface area contributed by atoms with E-state index in [9.17, 15) is 9.59 Å². The fourth-order valence-corrected chi connectivity index (χ4v) is 2.80. The lowest BCUT2D eigenvalue weighted by Gasteiger charge is -2.28. The predicted molar refractivity (Wildman–Crippen MR) is 81.7 cm³/mol. The van der Waals surface area contributed by atoms with Gasteiger partial charge in [-0.3, -0.25) is 0 Å². The first-order chi connectivity index (χ1) is 9.79. The highest BCUT2D eigenvalue weighted by atomic mass is 16.4. The number of hydrogen-bond donors (Lipinski definition) is 3. The average Bonchev–Trinajstić information content (AvgIpc) is 2.71. The van der Waals surface area contributed by atoms with E-state index in [4.69, 9.17) is 5.11 Å². The molecule has 3 N–H and O–H groups in total. The summed E-state index contributed by atoms with van der Waals surface area (Å²) in [5.41, 5.74) is 1.64. The number of amides is 2. The van der Waals surface area contributed by atoms with Crippen LogP contribution in [0.15, 0.2) is 18.2 Å². The van der Waals surface area contributed by atoms with Crippen molar-refractivity contribution in [3.8, 4) is 0 Å². The molecule has 1 unspecified atom stereocenters. The lowest BCUT2D eigenvalue weighted by Crippen LogP contribution is -2.43. The summed E-state index contributed by atoms with van der Waals surface area (Å²) in [7, 11) is 0. The second-order valence-electron chi connectivity index (χ2n) is 6.37. The fraction of sp³-hybridized carbons (Fsp3) is 0.500. The summed E-state index contributed by atoms with van der Waals surface area (Å²) in [6, 6.07) is 4.58. The first kappa shape index (κ1) is 15.4. The van der Waals surface area contributed by atoms with E-state index >= 15 is 0 Å². The van der Waals surface area contributed by atoms with E-state index < -0.39 is 5.97 Å². The highest BCUT2D eigenvalue weighted by molar-refractivity contribution is 5.94. The minimum Gasteiger partial charge on any atom is -0.478 e. The molecule has 0 aliphatic heterocycles. The maximum Gasteiger partial charge on any atom is 0.335 e. The van der Waals surface area contributed by atoms with E-state index in [0.717, 1.165) is 24.8 Å². The van der Waals surface area contributed by atoms with E-state index in [0.29, 0.717) is 5.69 Å². The second kappa shape index (κ2) is 5.76. The number of carboxylic acid groups (broad SMARTS) is 1. The number of carbonyl (C=O) groups is 2. The van der Waals surface area contributed by atoms with Gasteiger partial charge in [-0.1, -0.05) is 26.3 Å². The maximum atomic E-state index is 12.1. The SMILES string of the molecule is Cc1ccc(C(=O)O)cc1NC(=O)NC1CCCC1(C)C. The Morgan fingerprint density at radius 2 is 2.05 bits per heavy atom. The molecule has 1 fully saturated rings. The summed E-state index contributed by atoms with van der Waals surface area (Å²) < 4.78 is 0. The molecule has 2 rings (SSSR count). The van der Waals surface area contributed by atoms with Crippen molar-refractivity contribution < 1.29 is 14.7 Å². The van der Waals surface area contributed by atoms with E-state index in [1.165, 1.54) is 12.1 Å². The molecule has 0 saturated heterocycles. The fourth-order valence-electron chi connectivity index (χ4n) is 2.80. The van der Waals surface area contributed by atoms with Gasteiger partial charge in [0, 0.05) is 11.7 Å². The Morgan fingerprint density at radius 1 is 1.33 bits per heavy atom. The van der Waals surface area contributed by atoms with E-state index in [1.807, 2.05) is 6.92 Å². The molecule has 5 nitrogen and oxygen atoms in total. The van der Waals surface area contributed by atoms with Crippen LogP contribution in [-0.4, -0.2) is 23.1 Å². The standard InChI is InChI=1S/C16H22N2O3/c1-10-6-7-11(14(19)20)9-12(10)17-15(21)18-13-5-4-8-16(13,2)3/h6-7,9,13H,4-5,8H2,1-3H3,(H,19,20)(H2,17,18,21). The molecule has 1 aromatic carbocycles. The van der Waals surface area contributed by atoms with Gasteiger partial charge in [0.2, 0.25) is 0 Å². The van der Waals surface area contributed by atoms with Gasteiger partial charge in [-0.2, -0.15) is 0 Å². The predicted octanol–water partition coefficient (Wildman–Crippen LogP) is 3.39. The van der Waals surface area contributed by atoms with Crippen molar-refractivity contribution in [3.63, 3.8) is 0 Å². The van der Waals surface area contributed by atoms with Crippen LogP contribution >= 0.6 is 0 Å². The number of anilines is 1. The Morgan fingerprint density at radius 3 is 2.62 bits per heavy atom. The van der Waals surface area contributed by atoms with Gasteiger partial charge in [-0.05, 0) is 42.9 Å². The summed E-state index contributed by atoms with van der Waals surface area (Å²) >= 11 is 0. The van der Waals surface area contributed by atoms with E-state index in [2.05, 4.69) is 24.5 Å². The summed E-state index contributed by atoms with van der Waals surface area (Å²) in [6.45, 7) is 6.14. The van der Waals surface area contributed by atoms with Gasteiger partial charge in [-0.15, -0.1) is 0 Å². The minimum absolute atomic E-state index is 0.106. The minimum atomic E-state index is -1.00. The number of carbonyl (C=O) groups excluding carboxylic acids is 1. The number of carboxylic acids is 1. The normalized spacial score (nSPS) is 20.0. The van der Waals surface area contributed by atoms with Crippen LogP contribution in [0, 0.1) is 12.3 Å². The van der Waals surface area contributed by atoms with Crippen LogP contribution in [0.3, 0.4) is 0 Å². The number of aromatic carboxylic acids is 1. The van der Waals surface area contributed by atoms with Crippen LogP contribution in [0.4, 0.5) is 10.5 Å². The lowest BCUT2D eigenvalue weighted by atomic mass is 9.87. The van der Waals surface area contributed by atoms with Gasteiger partial charge in [0.15, 0.2) is 0 Å². The topological polar surface area (TPSA) is 78.4 Å². The van der Waals surface area contributed by atoms with Crippen molar-refractivity contribution in [1.29, 1.82) is 0 Å². The Kier molecular flexibility index (Phi) is 4.21. The zero-order valence-electron chi connectivity index (χ0n) is 12.7. The van der Waals surface area contributed by atoms with Gasteiger partial charge in [0.25, 0.3) is 0 Å². The van der Waals surface area contributed by atoms with Crippen LogP contribution in [0.2, 0.25) is 0 Å². The molecule has 0 aromatic heterocycles. The van der Waals surface area contributed by atoms with Crippen LogP contribution < -0.4 is 10.6 Å². The highest BCUT2D eigenvalue weighted by Gasteiger charge is 2.35. The first-order valence-corrected chi connectivity index (χ1v) is 7.21. The molecule has 5 heteroatoms. The molecular formula is C16H22N2O3. The first-order valence-electron chi connectivity index (χ1n) is 7.21. The quantitative estimate of drug-likeness (QED) is 0.798. The van der Waals surface area contributed by atoms with Crippen molar-refractivity contribution in [1.82, 2.24) is 5.32 Å². The third kappa shape index (κ3) is 3.54. The number of urea groups is 1. The second-order valence-corrected chi connectivity index (χ2v) is 6.37. The highest BCUT2D eigenvalue weighted by Crippen LogP contribution is 2.37. The van der Waals surface area contributed by atoms with Crippen molar-refractivity contribution in [3.05, 3.63) is 29.3 Å². The number of nitrogens with one attached hydrogen (secondary N) is 2. The Hall–Kier alpha value is -2.04. The summed E-state index contributed by atoms with van der Waals surface area (Å²) in [6.07, 6.45) is 3.20. The third-order valence-corrected chi connectivity index (χ3v) is 4.30. The monoisotopic (exact) mass is 290 g/mol. The van der Waals surface area contributed by atoms with Crippen LogP contribution in [-0.2, 0) is 0 Å². The van der Waals surface area contributed by atoms with Crippen LogP contribution in [0.25, 0.3) is 0 Å². The van der Waals surface area contributed by atoms with Crippen molar-refractivity contribution in [2.45, 2.75) is 46.1 Å². The summed E-state index contributed by atoms with van der Waals surface area (Å²) in [5.74, 6) is -1.00. The molecule has 1 atom stereocenters.